The highest BCUT2D eigenvalue weighted by Crippen LogP contribution is 2.15. The van der Waals surface area contributed by atoms with Crippen LogP contribution in [0.15, 0.2) is 24.3 Å². The third kappa shape index (κ3) is 5.00. The number of rotatable bonds is 6. The van der Waals surface area contributed by atoms with Gasteiger partial charge in [-0.15, -0.1) is 0 Å². The average molecular weight is 304 g/mol. The molecule has 1 saturated heterocycles. The van der Waals surface area contributed by atoms with E-state index in [-0.39, 0.29) is 5.91 Å². The summed E-state index contributed by atoms with van der Waals surface area (Å²) >= 11 is 0. The summed E-state index contributed by atoms with van der Waals surface area (Å²) in [7, 11) is 4.01. The van der Waals surface area contributed by atoms with Crippen LogP contribution in [-0.2, 0) is 4.79 Å². The van der Waals surface area contributed by atoms with E-state index < -0.39 is 0 Å². The van der Waals surface area contributed by atoms with E-state index in [9.17, 15) is 4.79 Å². The molecule has 1 amide bonds. The Bertz CT molecular complexity index is 464. The van der Waals surface area contributed by atoms with E-state index in [0.717, 1.165) is 50.6 Å². The predicted octanol–water partition coefficient (Wildman–Crippen LogP) is 1.72. The van der Waals surface area contributed by atoms with E-state index in [0.29, 0.717) is 6.42 Å². The Morgan fingerprint density at radius 2 is 1.68 bits per heavy atom. The number of anilines is 2. The van der Waals surface area contributed by atoms with Crippen LogP contribution in [0, 0.1) is 0 Å². The zero-order valence-electron chi connectivity index (χ0n) is 14.0. The van der Waals surface area contributed by atoms with Crippen LogP contribution < -0.4 is 10.2 Å². The van der Waals surface area contributed by atoms with Gasteiger partial charge in [0.15, 0.2) is 0 Å². The van der Waals surface area contributed by atoms with E-state index >= 15 is 0 Å². The van der Waals surface area contributed by atoms with Crippen molar-refractivity contribution in [3.05, 3.63) is 24.3 Å². The maximum atomic E-state index is 12.0. The monoisotopic (exact) mass is 304 g/mol. The van der Waals surface area contributed by atoms with Gasteiger partial charge in [0.1, 0.15) is 0 Å². The number of amides is 1. The fraction of sp³-hybridized carbons (Fsp3) is 0.588. The second kappa shape index (κ2) is 8.15. The number of hydrogen-bond acceptors (Lipinski definition) is 4. The lowest BCUT2D eigenvalue weighted by molar-refractivity contribution is -0.116. The molecule has 1 aromatic carbocycles. The van der Waals surface area contributed by atoms with Crippen LogP contribution in [0.1, 0.15) is 13.3 Å². The molecule has 1 heterocycles. The van der Waals surface area contributed by atoms with Crippen molar-refractivity contribution in [1.29, 1.82) is 0 Å². The molecule has 0 aromatic heterocycles. The molecular formula is C17H28N4O. The molecule has 0 saturated carbocycles. The number of carbonyl (C=O) groups excluding carboxylic acids is 1. The molecule has 1 fully saturated rings. The van der Waals surface area contributed by atoms with Crippen LogP contribution in [0.5, 0.6) is 0 Å². The van der Waals surface area contributed by atoms with Gasteiger partial charge < -0.3 is 20.0 Å². The number of nitrogens with zero attached hydrogens (tertiary/aromatic N) is 3. The lowest BCUT2D eigenvalue weighted by Gasteiger charge is -2.33. The van der Waals surface area contributed by atoms with Crippen molar-refractivity contribution in [1.82, 2.24) is 9.80 Å². The molecule has 0 bridgehead atoms. The van der Waals surface area contributed by atoms with E-state index in [4.69, 9.17) is 0 Å². The number of hydrogen-bond donors (Lipinski definition) is 1. The summed E-state index contributed by atoms with van der Waals surface area (Å²) in [6.07, 6.45) is 0.557. The van der Waals surface area contributed by atoms with Gasteiger partial charge in [0.05, 0.1) is 0 Å². The SMILES string of the molecule is CCN1CCN(CCC(=O)Nc2ccc(N(C)C)cc2)CC1. The first-order valence-electron chi connectivity index (χ1n) is 8.10. The van der Waals surface area contributed by atoms with E-state index in [1.54, 1.807) is 0 Å². The maximum Gasteiger partial charge on any atom is 0.225 e. The highest BCUT2D eigenvalue weighted by Gasteiger charge is 2.16. The molecule has 0 unspecified atom stereocenters. The summed E-state index contributed by atoms with van der Waals surface area (Å²) in [5.41, 5.74) is 2.00. The number of nitrogens with one attached hydrogen (secondary N) is 1. The molecular weight excluding hydrogens is 276 g/mol. The Morgan fingerprint density at radius 3 is 2.23 bits per heavy atom. The van der Waals surface area contributed by atoms with Gasteiger partial charge in [-0.05, 0) is 30.8 Å². The fourth-order valence-corrected chi connectivity index (χ4v) is 2.66. The average Bonchev–Trinajstić information content (AvgIpc) is 2.54. The Kier molecular flexibility index (Phi) is 6.21. The zero-order chi connectivity index (χ0) is 15.9. The van der Waals surface area contributed by atoms with Gasteiger partial charge >= 0.3 is 0 Å². The lowest BCUT2D eigenvalue weighted by atomic mass is 10.2. The van der Waals surface area contributed by atoms with Gasteiger partial charge in [0, 0.05) is 64.6 Å². The zero-order valence-corrected chi connectivity index (χ0v) is 14.0. The summed E-state index contributed by atoms with van der Waals surface area (Å²) in [6.45, 7) is 8.53. The minimum atomic E-state index is 0.0931. The summed E-state index contributed by atoms with van der Waals surface area (Å²) < 4.78 is 0. The summed E-state index contributed by atoms with van der Waals surface area (Å²) in [6, 6.07) is 7.93. The maximum absolute atomic E-state index is 12.0. The first-order valence-corrected chi connectivity index (χ1v) is 8.10. The van der Waals surface area contributed by atoms with Crippen molar-refractivity contribution < 1.29 is 4.79 Å². The van der Waals surface area contributed by atoms with Gasteiger partial charge in [0.2, 0.25) is 5.91 Å². The van der Waals surface area contributed by atoms with Crippen LogP contribution >= 0.6 is 0 Å². The van der Waals surface area contributed by atoms with Crippen LogP contribution in [0.4, 0.5) is 11.4 Å². The van der Waals surface area contributed by atoms with Gasteiger partial charge in [-0.1, -0.05) is 6.92 Å². The van der Waals surface area contributed by atoms with Crippen molar-refractivity contribution in [3.63, 3.8) is 0 Å². The molecule has 122 valence electrons. The van der Waals surface area contributed by atoms with Crippen molar-refractivity contribution in [3.8, 4) is 0 Å². The number of carbonyl (C=O) groups is 1. The Hall–Kier alpha value is -1.59. The van der Waals surface area contributed by atoms with Crippen molar-refractivity contribution in [2.75, 3.05) is 63.6 Å². The van der Waals surface area contributed by atoms with Gasteiger partial charge in [-0.3, -0.25) is 4.79 Å². The Labute approximate surface area is 133 Å². The molecule has 0 aliphatic carbocycles. The van der Waals surface area contributed by atoms with Crippen LogP contribution in [0.3, 0.4) is 0 Å². The smallest absolute Gasteiger partial charge is 0.225 e. The molecule has 1 aromatic rings. The van der Waals surface area contributed by atoms with Crippen molar-refractivity contribution in [2.24, 2.45) is 0 Å². The molecule has 2 rings (SSSR count). The highest BCUT2D eigenvalue weighted by atomic mass is 16.1. The van der Waals surface area contributed by atoms with Crippen LogP contribution in [0.25, 0.3) is 0 Å². The molecule has 22 heavy (non-hydrogen) atoms. The topological polar surface area (TPSA) is 38.8 Å². The van der Waals surface area contributed by atoms with Gasteiger partial charge in [-0.25, -0.2) is 0 Å². The summed E-state index contributed by atoms with van der Waals surface area (Å²) in [5.74, 6) is 0.0931. The molecule has 5 heteroatoms. The second-order valence-electron chi connectivity index (χ2n) is 6.02. The van der Waals surface area contributed by atoms with E-state index in [2.05, 4.69) is 22.0 Å². The molecule has 1 N–H and O–H groups in total. The Balaban J connectivity index is 1.71. The molecule has 1 aliphatic heterocycles. The normalized spacial score (nSPS) is 16.5. The minimum absolute atomic E-state index is 0.0931. The number of benzene rings is 1. The quantitative estimate of drug-likeness (QED) is 0.868. The van der Waals surface area contributed by atoms with Crippen molar-refractivity contribution in [2.45, 2.75) is 13.3 Å². The second-order valence-corrected chi connectivity index (χ2v) is 6.02. The number of piperazine rings is 1. The molecule has 1 aliphatic rings. The van der Waals surface area contributed by atoms with E-state index in [1.807, 2.05) is 43.3 Å². The first kappa shape index (κ1) is 16.8. The predicted molar refractivity (Wildman–Crippen MR) is 92.6 cm³/mol. The lowest BCUT2D eigenvalue weighted by Crippen LogP contribution is -2.46. The molecule has 0 spiro atoms. The van der Waals surface area contributed by atoms with Crippen LogP contribution in [-0.4, -0.2) is 69.1 Å². The Morgan fingerprint density at radius 1 is 1.09 bits per heavy atom. The number of likely N-dealkylation sites (N-methyl/N-ethyl adjacent to an activating group) is 1. The minimum Gasteiger partial charge on any atom is -0.378 e. The fourth-order valence-electron chi connectivity index (χ4n) is 2.66. The van der Waals surface area contributed by atoms with Gasteiger partial charge in [0.25, 0.3) is 0 Å². The highest BCUT2D eigenvalue weighted by molar-refractivity contribution is 5.91. The molecule has 0 atom stereocenters. The van der Waals surface area contributed by atoms with Gasteiger partial charge in [-0.2, -0.15) is 0 Å². The van der Waals surface area contributed by atoms with Crippen LogP contribution in [0.2, 0.25) is 0 Å². The standard InChI is InChI=1S/C17H28N4O/c1-4-20-11-13-21(14-12-20)10-9-17(22)18-15-5-7-16(8-6-15)19(2)3/h5-8H,4,9-14H2,1-3H3,(H,18,22). The largest absolute Gasteiger partial charge is 0.378 e. The van der Waals surface area contributed by atoms with E-state index in [1.165, 1.54) is 0 Å². The first-order chi connectivity index (χ1) is 10.6. The molecule has 5 nitrogen and oxygen atoms in total. The molecule has 0 radical (unpaired) electrons. The summed E-state index contributed by atoms with van der Waals surface area (Å²) in [4.78, 5) is 18.9. The van der Waals surface area contributed by atoms with Crippen molar-refractivity contribution >= 4 is 17.3 Å². The third-order valence-electron chi connectivity index (χ3n) is 4.23. The third-order valence-corrected chi connectivity index (χ3v) is 4.23. The summed E-state index contributed by atoms with van der Waals surface area (Å²) in [5, 5.41) is 2.97.